The van der Waals surface area contributed by atoms with Crippen LogP contribution < -0.4 is 4.83 Å². The van der Waals surface area contributed by atoms with E-state index in [1.165, 1.54) is 0 Å². The number of thiol groups is 1. The second kappa shape index (κ2) is 4.69. The quantitative estimate of drug-likeness (QED) is 0.353. The average Bonchev–Trinajstić information content (AvgIpc) is 2.00. The van der Waals surface area contributed by atoms with Crippen molar-refractivity contribution < 1.29 is 13.0 Å². The lowest BCUT2D eigenvalue weighted by atomic mass is 10.5. The van der Waals surface area contributed by atoms with Crippen molar-refractivity contribution in [1.29, 1.82) is 0 Å². The van der Waals surface area contributed by atoms with Crippen LogP contribution in [0.1, 0.15) is 20.8 Å². The number of hydrogen-bond acceptors (Lipinski definition) is 2. The van der Waals surface area contributed by atoms with Gasteiger partial charge >= 0.3 is 0 Å². The molecule has 0 saturated carbocycles. The lowest BCUT2D eigenvalue weighted by Crippen LogP contribution is -2.57. The highest BCUT2D eigenvalue weighted by Gasteiger charge is 2.21. The number of nitrogens with zero attached hydrogens (tertiary/aromatic N) is 1. The van der Waals surface area contributed by atoms with Crippen LogP contribution in [-0.4, -0.2) is 32.6 Å². The normalized spacial score (nSPS) is 12.4. The Bertz CT molecular complexity index is 159. The van der Waals surface area contributed by atoms with Crippen LogP contribution in [-0.2, 0) is 10.9 Å². The SMILES string of the molecule is CC[N+](CC)(CC)N[SH](=O)=O. The van der Waals surface area contributed by atoms with Crippen LogP contribution in [0.15, 0.2) is 0 Å². The highest BCUT2D eigenvalue weighted by Crippen LogP contribution is 1.99. The fraction of sp³-hybridized carbons (Fsp3) is 1.00. The third-order valence-electron chi connectivity index (χ3n) is 2.11. The summed E-state index contributed by atoms with van der Waals surface area (Å²) in [6.07, 6.45) is 0. The molecular weight excluding hydrogens is 164 g/mol. The Kier molecular flexibility index (Phi) is 4.63. The van der Waals surface area contributed by atoms with Gasteiger partial charge in [-0.15, -0.1) is 0 Å². The first-order chi connectivity index (χ1) is 5.10. The molecule has 0 aliphatic carbocycles. The molecule has 68 valence electrons. The van der Waals surface area contributed by atoms with Crippen molar-refractivity contribution in [3.05, 3.63) is 0 Å². The van der Waals surface area contributed by atoms with E-state index in [4.69, 9.17) is 0 Å². The number of nitrogens with one attached hydrogen (secondary N) is 1. The van der Waals surface area contributed by atoms with E-state index >= 15 is 0 Å². The predicted molar refractivity (Wildman–Crippen MR) is 45.3 cm³/mol. The first-order valence-electron chi connectivity index (χ1n) is 3.88. The van der Waals surface area contributed by atoms with E-state index in [0.717, 1.165) is 19.6 Å². The molecular formula is C6H17N2O2S+. The summed E-state index contributed by atoms with van der Waals surface area (Å²) in [5.74, 6) is 0. The Hall–Kier alpha value is -0.130. The summed E-state index contributed by atoms with van der Waals surface area (Å²) in [4.78, 5) is 2.53. The van der Waals surface area contributed by atoms with Crippen LogP contribution in [0, 0.1) is 0 Å². The first kappa shape index (κ1) is 10.9. The highest BCUT2D eigenvalue weighted by atomic mass is 32.2. The van der Waals surface area contributed by atoms with E-state index in [-0.39, 0.29) is 0 Å². The topological polar surface area (TPSA) is 46.2 Å². The smallest absolute Gasteiger partial charge is 0.233 e. The molecule has 0 fully saturated rings. The molecule has 0 spiro atoms. The predicted octanol–water partition coefficient (Wildman–Crippen LogP) is -0.106. The van der Waals surface area contributed by atoms with Crippen LogP contribution in [0.2, 0.25) is 0 Å². The van der Waals surface area contributed by atoms with Gasteiger partial charge < -0.3 is 0 Å². The van der Waals surface area contributed by atoms with E-state index in [1.807, 2.05) is 20.8 Å². The molecule has 0 aromatic carbocycles. The third-order valence-corrected chi connectivity index (χ3v) is 2.70. The van der Waals surface area contributed by atoms with Gasteiger partial charge in [-0.25, -0.2) is 13.0 Å². The van der Waals surface area contributed by atoms with E-state index < -0.39 is 10.9 Å². The van der Waals surface area contributed by atoms with E-state index in [9.17, 15) is 8.42 Å². The van der Waals surface area contributed by atoms with Gasteiger partial charge in [0.1, 0.15) is 0 Å². The van der Waals surface area contributed by atoms with Crippen molar-refractivity contribution in [2.75, 3.05) is 19.6 Å². The van der Waals surface area contributed by atoms with Gasteiger partial charge in [-0.3, -0.25) is 0 Å². The molecule has 0 aliphatic heterocycles. The molecule has 0 atom stereocenters. The summed E-state index contributed by atoms with van der Waals surface area (Å²) >= 11 is 0. The minimum Gasteiger partial charge on any atom is -0.233 e. The zero-order valence-electron chi connectivity index (χ0n) is 7.33. The zero-order chi connectivity index (χ0) is 8.91. The minimum atomic E-state index is -2.48. The average molecular weight is 181 g/mol. The maximum absolute atomic E-state index is 10.4. The Balaban J connectivity index is 4.28. The largest absolute Gasteiger partial charge is 0.243 e. The molecule has 0 aromatic rings. The van der Waals surface area contributed by atoms with Crippen molar-refractivity contribution >= 4 is 10.9 Å². The minimum absolute atomic E-state index is 0.443. The Morgan fingerprint density at radius 2 is 1.45 bits per heavy atom. The molecule has 0 radical (unpaired) electrons. The standard InChI is InChI=1S/C6H17N2O2S/c1-4-8(5-2,6-3)7-11(9)10/h11H,4-6H2,1-3H3,(H,7,9,10)/q+1. The van der Waals surface area contributed by atoms with Crippen LogP contribution in [0.4, 0.5) is 0 Å². The molecule has 1 N–H and O–H groups in total. The van der Waals surface area contributed by atoms with Crippen molar-refractivity contribution in [3.8, 4) is 0 Å². The van der Waals surface area contributed by atoms with Gasteiger partial charge in [-0.2, -0.15) is 0 Å². The van der Waals surface area contributed by atoms with Crippen molar-refractivity contribution in [2.24, 2.45) is 0 Å². The van der Waals surface area contributed by atoms with Crippen LogP contribution in [0.3, 0.4) is 0 Å². The van der Waals surface area contributed by atoms with Gasteiger partial charge in [0.15, 0.2) is 0 Å². The Morgan fingerprint density at radius 1 is 1.09 bits per heavy atom. The van der Waals surface area contributed by atoms with Crippen molar-refractivity contribution in [2.45, 2.75) is 20.8 Å². The summed E-state index contributed by atoms with van der Waals surface area (Å²) < 4.78 is 21.2. The van der Waals surface area contributed by atoms with Gasteiger partial charge in [-0.1, -0.05) is 4.83 Å². The molecule has 4 nitrogen and oxygen atoms in total. The van der Waals surface area contributed by atoms with E-state index in [2.05, 4.69) is 4.83 Å². The fourth-order valence-electron chi connectivity index (χ4n) is 1.06. The maximum atomic E-state index is 10.4. The van der Waals surface area contributed by atoms with Crippen molar-refractivity contribution in [3.63, 3.8) is 0 Å². The molecule has 11 heavy (non-hydrogen) atoms. The van der Waals surface area contributed by atoms with Gasteiger partial charge in [0, 0.05) is 0 Å². The zero-order valence-corrected chi connectivity index (χ0v) is 8.23. The summed E-state index contributed by atoms with van der Waals surface area (Å²) in [7, 11) is -2.48. The fourth-order valence-corrected chi connectivity index (χ4v) is 1.83. The lowest BCUT2D eigenvalue weighted by molar-refractivity contribution is -0.951. The van der Waals surface area contributed by atoms with E-state index in [0.29, 0.717) is 4.59 Å². The molecule has 5 heteroatoms. The third kappa shape index (κ3) is 3.18. The van der Waals surface area contributed by atoms with Crippen LogP contribution in [0.5, 0.6) is 0 Å². The molecule has 0 heterocycles. The lowest BCUT2D eigenvalue weighted by Gasteiger charge is -2.31. The van der Waals surface area contributed by atoms with Crippen LogP contribution in [0.25, 0.3) is 0 Å². The summed E-state index contributed by atoms with van der Waals surface area (Å²) in [6.45, 7) is 8.28. The first-order valence-corrected chi connectivity index (χ1v) is 5.06. The second-order valence-electron chi connectivity index (χ2n) is 2.45. The molecule has 0 bridgehead atoms. The molecule has 0 aromatic heterocycles. The molecule has 0 unspecified atom stereocenters. The van der Waals surface area contributed by atoms with Crippen LogP contribution >= 0.6 is 0 Å². The molecule has 0 aliphatic rings. The molecule has 0 amide bonds. The van der Waals surface area contributed by atoms with Gasteiger partial charge in [0.05, 0.1) is 19.6 Å². The summed E-state index contributed by atoms with van der Waals surface area (Å²) in [6, 6.07) is 0. The Labute approximate surface area is 69.8 Å². The second-order valence-corrected chi connectivity index (χ2v) is 3.17. The summed E-state index contributed by atoms with van der Waals surface area (Å²) in [5, 5.41) is 0. The number of hydrogen-bond donors (Lipinski definition) is 2. The number of rotatable bonds is 5. The van der Waals surface area contributed by atoms with Gasteiger partial charge in [0.25, 0.3) is 0 Å². The van der Waals surface area contributed by atoms with Gasteiger partial charge in [-0.05, 0) is 20.8 Å². The number of quaternary nitrogens is 1. The monoisotopic (exact) mass is 181 g/mol. The molecule has 0 rings (SSSR count). The maximum Gasteiger partial charge on any atom is 0.243 e. The van der Waals surface area contributed by atoms with E-state index in [1.54, 1.807) is 0 Å². The molecule has 0 saturated heterocycles. The Morgan fingerprint density at radius 3 is 1.55 bits per heavy atom. The van der Waals surface area contributed by atoms with Gasteiger partial charge in [0.2, 0.25) is 10.9 Å². The summed E-state index contributed by atoms with van der Waals surface area (Å²) in [5.41, 5.74) is 0. The highest BCUT2D eigenvalue weighted by molar-refractivity contribution is 7.70. The van der Waals surface area contributed by atoms with Crippen molar-refractivity contribution in [1.82, 2.24) is 4.83 Å².